The fourth-order valence-corrected chi connectivity index (χ4v) is 16.9. The summed E-state index contributed by atoms with van der Waals surface area (Å²) >= 11 is 11.8. The zero-order valence-electron chi connectivity index (χ0n) is 60.5. The zero-order valence-corrected chi connectivity index (χ0v) is 62.0. The first-order chi connectivity index (χ1) is 52.5. The first kappa shape index (κ1) is 75.1. The van der Waals surface area contributed by atoms with E-state index in [1.54, 1.807) is 22.3 Å². The molecule has 28 heteroatoms. The fraction of sp³-hybridized carbons (Fsp3) is 0.450. The largest absolute Gasteiger partial charge is 0.388 e. The third-order valence-electron chi connectivity index (χ3n) is 22.6. The highest BCUT2D eigenvalue weighted by Crippen LogP contribution is 2.36. The van der Waals surface area contributed by atoms with Crippen LogP contribution in [0.5, 0.6) is 0 Å². The molecule has 108 heavy (non-hydrogen) atoms. The summed E-state index contributed by atoms with van der Waals surface area (Å²) < 4.78 is 38.0. The van der Waals surface area contributed by atoms with Gasteiger partial charge in [-0.2, -0.15) is 0 Å². The predicted molar refractivity (Wildman–Crippen MR) is 411 cm³/mol. The normalized spacial score (nSPS) is 18.0. The molecule has 10 aromatic heterocycles. The second-order valence-electron chi connectivity index (χ2n) is 29.7. The first-order valence-electron chi connectivity index (χ1n) is 38.1. The Morgan fingerprint density at radius 2 is 0.787 bits per heavy atom. The van der Waals surface area contributed by atoms with E-state index >= 15 is 0 Å². The lowest BCUT2D eigenvalue weighted by Crippen LogP contribution is -2.49. The van der Waals surface area contributed by atoms with E-state index in [0.717, 1.165) is 64.7 Å². The summed E-state index contributed by atoms with van der Waals surface area (Å²) in [7, 11) is 0. The molecule has 2 amide bonds. The second-order valence-corrected chi connectivity index (χ2v) is 30.4. The summed E-state index contributed by atoms with van der Waals surface area (Å²) in [6.07, 6.45) is 43.4. The van der Waals surface area contributed by atoms with E-state index in [2.05, 4.69) is 69.3 Å². The third-order valence-corrected chi connectivity index (χ3v) is 23.2. The molecule has 0 bridgehead atoms. The number of benzene rings is 2. The summed E-state index contributed by atoms with van der Waals surface area (Å²) in [6.45, 7) is 1.76. The van der Waals surface area contributed by atoms with Crippen LogP contribution in [0, 0.1) is 11.6 Å². The molecule has 0 unspecified atom stereocenters. The van der Waals surface area contributed by atoms with Gasteiger partial charge in [0.25, 0.3) is 28.5 Å². The second kappa shape index (κ2) is 33.8. The molecule has 2 aromatic carbocycles. The van der Waals surface area contributed by atoms with Crippen LogP contribution in [0.4, 0.5) is 8.78 Å². The van der Waals surface area contributed by atoms with Crippen LogP contribution in [0.3, 0.4) is 0 Å². The van der Waals surface area contributed by atoms with Gasteiger partial charge >= 0.3 is 0 Å². The molecule has 4 N–H and O–H groups in total. The third kappa shape index (κ3) is 17.1. The molecule has 2 aliphatic heterocycles. The molecule has 18 rings (SSSR count). The number of fused-ring (bicyclic) bond motifs is 5. The number of amides is 2. The fourth-order valence-electron chi connectivity index (χ4n) is 16.5. The van der Waals surface area contributed by atoms with Crippen molar-refractivity contribution >= 4 is 90.2 Å². The van der Waals surface area contributed by atoms with Crippen molar-refractivity contribution in [3.8, 4) is 0 Å². The number of halogens is 4. The monoisotopic (exact) mass is 1510 g/mol. The number of rotatable bonds is 10. The van der Waals surface area contributed by atoms with Crippen molar-refractivity contribution in [3.63, 3.8) is 0 Å². The number of hydrogen-bond acceptors (Lipinski definition) is 14. The molecular formula is C80H91Cl2F2N17O7. The van der Waals surface area contributed by atoms with E-state index in [1.165, 1.54) is 186 Å². The first-order valence-corrected chi connectivity index (χ1v) is 38.8. The van der Waals surface area contributed by atoms with Crippen molar-refractivity contribution < 1.29 is 28.6 Å². The van der Waals surface area contributed by atoms with Crippen LogP contribution >= 0.6 is 23.2 Å². The van der Waals surface area contributed by atoms with Gasteiger partial charge in [0.2, 0.25) is 0 Å². The average Bonchev–Trinajstić information content (AvgIpc) is 1.61. The molecule has 12 heterocycles. The molecule has 0 atom stereocenters. The maximum absolute atomic E-state index is 13.1. The number of aromatic amines is 2. The Morgan fingerprint density at radius 3 is 1.19 bits per heavy atom. The number of aliphatic hydroxyl groups is 2. The average molecular weight is 1510 g/mol. The Labute approximate surface area is 631 Å². The molecule has 24 nitrogen and oxygen atoms in total. The number of carbonyl (C=O) groups is 2. The van der Waals surface area contributed by atoms with E-state index in [0.29, 0.717) is 114 Å². The number of nitrogens with one attached hydrogen (secondary N) is 2. The number of hydrogen-bond donors (Lipinski definition) is 4. The Kier molecular flexibility index (Phi) is 23.5. The molecule has 6 fully saturated rings. The molecular weight excluding hydrogens is 1420 g/mol. The van der Waals surface area contributed by atoms with Crippen molar-refractivity contribution in [1.29, 1.82) is 0 Å². The van der Waals surface area contributed by atoms with E-state index in [9.17, 15) is 43.0 Å². The molecule has 0 radical (unpaired) electrons. The number of aromatic nitrogens is 15. The molecule has 566 valence electrons. The number of likely N-dealkylation sites (tertiary alicyclic amines) is 2. The van der Waals surface area contributed by atoms with Gasteiger partial charge in [0.05, 0.1) is 57.6 Å². The van der Waals surface area contributed by atoms with E-state index < -0.39 is 11.2 Å². The maximum atomic E-state index is 13.1. The summed E-state index contributed by atoms with van der Waals surface area (Å²) in [4.78, 5) is 102. The molecule has 6 aliphatic rings. The highest BCUT2D eigenvalue weighted by Gasteiger charge is 2.37. The number of H-pyrrole nitrogens is 2. The van der Waals surface area contributed by atoms with Gasteiger partial charge < -0.3 is 48.2 Å². The Hall–Kier alpha value is -9.76. The zero-order chi connectivity index (χ0) is 74.9. The summed E-state index contributed by atoms with van der Waals surface area (Å²) in [5.41, 5.74) is 2.35. The highest BCUT2D eigenvalue weighted by atomic mass is 35.5. The molecule has 0 spiro atoms. The van der Waals surface area contributed by atoms with Gasteiger partial charge in [-0.15, -0.1) is 0 Å². The minimum Gasteiger partial charge on any atom is -0.388 e. The van der Waals surface area contributed by atoms with Gasteiger partial charge in [-0.1, -0.05) is 100 Å². The highest BCUT2D eigenvalue weighted by molar-refractivity contribution is 6.34. The van der Waals surface area contributed by atoms with Crippen molar-refractivity contribution in [2.24, 2.45) is 0 Å². The quantitative estimate of drug-likeness (QED) is 0.0927. The predicted octanol–water partition coefficient (Wildman–Crippen LogP) is 14.5. The Bertz CT molecular complexity index is 5070. The Balaban J connectivity index is 0.000000120. The van der Waals surface area contributed by atoms with Crippen LogP contribution in [0.1, 0.15) is 199 Å². The topological polar surface area (TPSA) is 284 Å². The molecule has 2 saturated heterocycles. The summed E-state index contributed by atoms with van der Waals surface area (Å²) in [5.74, 6) is -1.13. The lowest BCUT2D eigenvalue weighted by Gasteiger charge is -2.38. The lowest BCUT2D eigenvalue weighted by molar-refractivity contribution is -0.0306. The van der Waals surface area contributed by atoms with Gasteiger partial charge in [-0.25, -0.2) is 43.7 Å². The standard InChI is InChI=1S/2C25H29FN4O3.C12H14ClN3.C12H15N3O.C6H4ClN3/c2*26-19-8-6-18(7-9-19)23(31)28-14-11-25(33,12-15-28)16-29-17-27-22-21(24(29)32)10-13-30(22)20-4-2-1-3-5-20;13-11-10-6-7-16(12(10)15-8-14-11)9-4-2-1-3-5-9;16-12-10-6-7-15(11(10)13-8-14-12)9-4-2-1-3-5-9;7-5-4-1-2-8-6(4)10-3-9-5/h2*6-10,13,17,20,33H,1-5,11-12,14-16H2;6-9H,1-5H2;6-9H,1-5H2,(H,13,14,16);1-3H,(H,8,9,10). The van der Waals surface area contributed by atoms with Crippen molar-refractivity contribution in [3.05, 3.63) is 206 Å². The smallest absolute Gasteiger partial charge is 0.262 e. The molecule has 4 aliphatic carbocycles. The number of piperidine rings is 2. The van der Waals surface area contributed by atoms with Gasteiger partial charge in [-0.3, -0.25) is 33.1 Å². The van der Waals surface area contributed by atoms with Gasteiger partial charge in [0.15, 0.2) is 0 Å². The minimum absolute atomic E-state index is 0.0421. The summed E-state index contributed by atoms with van der Waals surface area (Å²) in [5, 5.41) is 27.1. The minimum atomic E-state index is -1.09. The van der Waals surface area contributed by atoms with Gasteiger partial charge in [0, 0.05) is 92.5 Å². The van der Waals surface area contributed by atoms with Crippen LogP contribution < -0.4 is 16.7 Å². The van der Waals surface area contributed by atoms with E-state index in [4.69, 9.17) is 23.2 Å². The van der Waals surface area contributed by atoms with E-state index in [-0.39, 0.29) is 53.2 Å². The summed E-state index contributed by atoms with van der Waals surface area (Å²) in [6, 6.07) is 22.3. The Morgan fingerprint density at radius 1 is 0.426 bits per heavy atom. The maximum Gasteiger partial charge on any atom is 0.262 e. The SMILES string of the molecule is Clc1ncnc2[nH]ccc12.Clc1ncnc2c1ccn2C1CCCCC1.O=C(c1ccc(F)cc1)N1CCC(O)(Cn2cnc3c(ccn3C3CCCCC3)c2=O)CC1.O=C(c1ccc(F)cc1)N1CCC(O)(Cn2cnc3c(ccn3C3CCCCC3)c2=O)CC1.O=c1[nH]cnc2c1ccn2C1CCCCC1. The van der Waals surface area contributed by atoms with Gasteiger partial charge in [-0.05, 0) is 156 Å². The van der Waals surface area contributed by atoms with Crippen LogP contribution in [-0.4, -0.2) is 141 Å². The van der Waals surface area contributed by atoms with Gasteiger partial charge in [0.1, 0.15) is 75.5 Å². The molecule has 4 saturated carbocycles. The van der Waals surface area contributed by atoms with Crippen LogP contribution in [0.2, 0.25) is 10.3 Å². The lowest BCUT2D eigenvalue weighted by atomic mass is 9.91. The van der Waals surface area contributed by atoms with Crippen LogP contribution in [0.15, 0.2) is 156 Å². The number of carbonyl (C=O) groups excluding carboxylic acids is 2. The van der Waals surface area contributed by atoms with Crippen molar-refractivity contribution in [1.82, 2.24) is 82.1 Å². The van der Waals surface area contributed by atoms with Crippen molar-refractivity contribution in [2.75, 3.05) is 26.2 Å². The van der Waals surface area contributed by atoms with E-state index in [1.807, 2.05) is 48.9 Å². The van der Waals surface area contributed by atoms with Crippen LogP contribution in [-0.2, 0) is 13.1 Å². The van der Waals surface area contributed by atoms with Crippen LogP contribution in [0.25, 0.3) is 55.2 Å². The van der Waals surface area contributed by atoms with Crippen molar-refractivity contribution in [2.45, 2.75) is 203 Å². The number of nitrogens with zero attached hydrogens (tertiary/aromatic N) is 15. The molecule has 12 aromatic rings.